The van der Waals surface area contributed by atoms with Crippen molar-refractivity contribution in [1.82, 2.24) is 20.1 Å². The van der Waals surface area contributed by atoms with Crippen molar-refractivity contribution in [3.8, 4) is 22.9 Å². The van der Waals surface area contributed by atoms with Gasteiger partial charge in [-0.3, -0.25) is 14.2 Å². The number of hydrogen-bond acceptors (Lipinski definition) is 8. The highest BCUT2D eigenvalue weighted by Gasteiger charge is 2.31. The smallest absolute Gasteiger partial charge is 0.416 e. The molecule has 0 bridgehead atoms. The number of nitrogens with one attached hydrogen (secondary N) is 2. The second-order valence-electron chi connectivity index (χ2n) is 9.09. The first-order chi connectivity index (χ1) is 20.5. The van der Waals surface area contributed by atoms with E-state index in [4.69, 9.17) is 14.2 Å². The van der Waals surface area contributed by atoms with Crippen LogP contribution in [0.15, 0.2) is 65.8 Å². The molecule has 226 valence electrons. The number of ether oxygens (including phenoxy) is 3. The van der Waals surface area contributed by atoms with Gasteiger partial charge in [-0.05, 0) is 55.0 Å². The number of halogens is 3. The second kappa shape index (κ2) is 13.5. The molecule has 0 aliphatic carbocycles. The molecular weight excluding hydrogens is 587 g/mol. The zero-order chi connectivity index (χ0) is 31.1. The zero-order valence-corrected chi connectivity index (χ0v) is 24.4. The number of hydrogen-bond donors (Lipinski definition) is 2. The van der Waals surface area contributed by atoms with E-state index < -0.39 is 17.6 Å². The molecule has 0 spiro atoms. The summed E-state index contributed by atoms with van der Waals surface area (Å²) in [5.41, 5.74) is 0.993. The number of rotatable bonds is 11. The average molecular weight is 616 g/mol. The normalized spacial score (nSPS) is 11.1. The predicted octanol–water partition coefficient (Wildman–Crippen LogP) is 5.28. The van der Waals surface area contributed by atoms with Crippen LogP contribution in [0.1, 0.15) is 27.3 Å². The molecular formula is C29H28F3N5O5S. The molecule has 2 amide bonds. The zero-order valence-electron chi connectivity index (χ0n) is 23.6. The quantitative estimate of drug-likeness (QED) is 0.219. The standard InChI is InChI=1S/C29H28F3N5O5S/c1-17-7-5-9-20(11-17)34-25(38)16-43-28-36-35-24(37(28)21-10-6-8-19(14-21)29(30,31)32)15-33-27(39)18-12-22(40-2)26(42-4)23(13-18)41-3/h5-14H,15-16H2,1-4H3,(H,33,39)(H,34,38). The van der Waals surface area contributed by atoms with Gasteiger partial charge in [-0.25, -0.2) is 0 Å². The molecule has 2 N–H and O–H groups in total. The van der Waals surface area contributed by atoms with Gasteiger partial charge < -0.3 is 24.8 Å². The van der Waals surface area contributed by atoms with Crippen molar-refractivity contribution >= 4 is 29.3 Å². The average Bonchev–Trinajstić information content (AvgIpc) is 3.40. The van der Waals surface area contributed by atoms with Gasteiger partial charge in [0.2, 0.25) is 11.7 Å². The number of amides is 2. The molecule has 0 radical (unpaired) electrons. The monoisotopic (exact) mass is 615 g/mol. The van der Waals surface area contributed by atoms with Gasteiger partial charge in [0.05, 0.1) is 44.9 Å². The van der Waals surface area contributed by atoms with E-state index >= 15 is 0 Å². The van der Waals surface area contributed by atoms with Crippen LogP contribution in [0.4, 0.5) is 18.9 Å². The van der Waals surface area contributed by atoms with Crippen molar-refractivity contribution in [1.29, 1.82) is 0 Å². The first-order valence-corrected chi connectivity index (χ1v) is 13.7. The van der Waals surface area contributed by atoms with Gasteiger partial charge >= 0.3 is 6.18 Å². The van der Waals surface area contributed by atoms with Crippen LogP contribution in [0.3, 0.4) is 0 Å². The van der Waals surface area contributed by atoms with Crippen molar-refractivity contribution in [2.24, 2.45) is 0 Å². The SMILES string of the molecule is COc1cc(C(=O)NCc2nnc(SCC(=O)Nc3cccc(C)c3)n2-c2cccc(C(F)(F)F)c2)cc(OC)c1OC. The lowest BCUT2D eigenvalue weighted by atomic mass is 10.1. The lowest BCUT2D eigenvalue weighted by Crippen LogP contribution is -2.25. The number of thioether (sulfide) groups is 1. The molecule has 43 heavy (non-hydrogen) atoms. The number of methoxy groups -OCH3 is 3. The molecule has 0 fully saturated rings. The first kappa shape index (κ1) is 31.2. The van der Waals surface area contributed by atoms with Crippen molar-refractivity contribution in [2.45, 2.75) is 24.8 Å². The molecule has 0 saturated heterocycles. The van der Waals surface area contributed by atoms with Gasteiger partial charge in [-0.2, -0.15) is 13.2 Å². The van der Waals surface area contributed by atoms with E-state index in [9.17, 15) is 22.8 Å². The van der Waals surface area contributed by atoms with Gasteiger partial charge in [-0.1, -0.05) is 30.0 Å². The Hall–Kier alpha value is -4.72. The van der Waals surface area contributed by atoms with E-state index in [1.807, 2.05) is 19.1 Å². The molecule has 1 aromatic heterocycles. The summed E-state index contributed by atoms with van der Waals surface area (Å²) in [6.45, 7) is 1.69. The second-order valence-corrected chi connectivity index (χ2v) is 10.0. The number of carbonyl (C=O) groups excluding carboxylic acids is 2. The van der Waals surface area contributed by atoms with E-state index in [-0.39, 0.29) is 51.9 Å². The van der Waals surface area contributed by atoms with Gasteiger partial charge in [-0.15, -0.1) is 10.2 Å². The Balaban J connectivity index is 1.60. The number of carbonyl (C=O) groups is 2. The van der Waals surface area contributed by atoms with Crippen LogP contribution in [-0.2, 0) is 17.5 Å². The number of aromatic nitrogens is 3. The Morgan fingerprint density at radius 3 is 2.26 bits per heavy atom. The van der Waals surface area contributed by atoms with Crippen LogP contribution in [0.5, 0.6) is 17.2 Å². The first-order valence-electron chi connectivity index (χ1n) is 12.7. The van der Waals surface area contributed by atoms with E-state index in [1.165, 1.54) is 50.2 Å². The third-order valence-corrected chi connectivity index (χ3v) is 7.03. The fraction of sp³-hybridized carbons (Fsp3) is 0.241. The minimum atomic E-state index is -4.59. The topological polar surface area (TPSA) is 117 Å². The highest BCUT2D eigenvalue weighted by Crippen LogP contribution is 2.38. The Morgan fingerprint density at radius 1 is 0.930 bits per heavy atom. The van der Waals surface area contributed by atoms with Gasteiger partial charge in [0.15, 0.2) is 22.5 Å². The minimum absolute atomic E-state index is 0.0944. The molecule has 4 aromatic rings. The van der Waals surface area contributed by atoms with E-state index in [1.54, 1.807) is 12.1 Å². The highest BCUT2D eigenvalue weighted by molar-refractivity contribution is 7.99. The van der Waals surface area contributed by atoms with Gasteiger partial charge in [0, 0.05) is 11.3 Å². The molecule has 1 heterocycles. The highest BCUT2D eigenvalue weighted by atomic mass is 32.2. The Bertz CT molecular complexity index is 1600. The van der Waals surface area contributed by atoms with Crippen LogP contribution in [0, 0.1) is 6.92 Å². The fourth-order valence-corrected chi connectivity index (χ4v) is 4.88. The number of nitrogens with zero attached hydrogens (tertiary/aromatic N) is 3. The van der Waals surface area contributed by atoms with E-state index in [0.717, 1.165) is 29.5 Å². The molecule has 0 atom stereocenters. The summed E-state index contributed by atoms with van der Waals surface area (Å²) in [5.74, 6) is 0.00299. The Kier molecular flexibility index (Phi) is 9.80. The van der Waals surface area contributed by atoms with Crippen molar-refractivity contribution < 1.29 is 37.0 Å². The number of alkyl halides is 3. The third-order valence-electron chi connectivity index (χ3n) is 6.10. The van der Waals surface area contributed by atoms with Crippen LogP contribution < -0.4 is 24.8 Å². The summed E-state index contributed by atoms with van der Waals surface area (Å²) in [7, 11) is 4.26. The number of anilines is 1. The molecule has 0 aliphatic heterocycles. The van der Waals surface area contributed by atoms with Crippen LogP contribution in [-0.4, -0.2) is 53.7 Å². The van der Waals surface area contributed by atoms with E-state index in [0.29, 0.717) is 11.4 Å². The van der Waals surface area contributed by atoms with Crippen molar-refractivity contribution in [3.63, 3.8) is 0 Å². The molecule has 0 unspecified atom stereocenters. The fourth-order valence-electron chi connectivity index (χ4n) is 4.11. The Morgan fingerprint density at radius 2 is 1.63 bits per heavy atom. The van der Waals surface area contributed by atoms with Crippen LogP contribution >= 0.6 is 11.8 Å². The summed E-state index contributed by atoms with van der Waals surface area (Å²) in [4.78, 5) is 25.7. The number of aryl methyl sites for hydroxylation is 1. The van der Waals surface area contributed by atoms with Gasteiger partial charge in [0.25, 0.3) is 5.91 Å². The summed E-state index contributed by atoms with van der Waals surface area (Å²) >= 11 is 0.989. The molecule has 0 saturated carbocycles. The molecule has 3 aromatic carbocycles. The number of benzene rings is 3. The largest absolute Gasteiger partial charge is 0.493 e. The summed E-state index contributed by atoms with van der Waals surface area (Å²) in [6.07, 6.45) is -4.59. The minimum Gasteiger partial charge on any atom is -0.493 e. The lowest BCUT2D eigenvalue weighted by Gasteiger charge is -2.15. The predicted molar refractivity (Wildman–Crippen MR) is 154 cm³/mol. The van der Waals surface area contributed by atoms with Crippen molar-refractivity contribution in [2.75, 3.05) is 32.4 Å². The maximum Gasteiger partial charge on any atom is 0.416 e. The summed E-state index contributed by atoms with van der Waals surface area (Å²) in [5, 5.41) is 13.9. The summed E-state index contributed by atoms with van der Waals surface area (Å²) in [6, 6.07) is 14.8. The lowest BCUT2D eigenvalue weighted by molar-refractivity contribution is -0.137. The molecule has 0 aliphatic rings. The maximum absolute atomic E-state index is 13.5. The molecule has 10 nitrogen and oxygen atoms in total. The van der Waals surface area contributed by atoms with Crippen LogP contribution in [0.25, 0.3) is 5.69 Å². The molecule has 4 rings (SSSR count). The van der Waals surface area contributed by atoms with Crippen LogP contribution in [0.2, 0.25) is 0 Å². The summed E-state index contributed by atoms with van der Waals surface area (Å²) < 4.78 is 57.9. The van der Waals surface area contributed by atoms with Crippen molar-refractivity contribution in [3.05, 3.63) is 83.2 Å². The maximum atomic E-state index is 13.5. The van der Waals surface area contributed by atoms with E-state index in [2.05, 4.69) is 20.8 Å². The third kappa shape index (κ3) is 7.57. The Labute approximate surface area is 249 Å². The van der Waals surface area contributed by atoms with Gasteiger partial charge in [0.1, 0.15) is 0 Å². The molecule has 14 heteroatoms.